The fraction of sp³-hybridized carbons (Fsp3) is 0.160. The molecule has 0 radical (unpaired) electrons. The van der Waals surface area contributed by atoms with Crippen LogP contribution in [0, 0.1) is 0 Å². The summed E-state index contributed by atoms with van der Waals surface area (Å²) in [5, 5.41) is 0. The Morgan fingerprint density at radius 2 is 0.774 bits per heavy atom. The van der Waals surface area contributed by atoms with Crippen molar-refractivity contribution in [2.45, 2.75) is 51.4 Å². The van der Waals surface area contributed by atoms with Crippen LogP contribution in [0.1, 0.15) is 47.9 Å². The molecule has 3 heteroatoms. The number of nitrogens with zero attached hydrogens (tertiary/aromatic N) is 2. The molecule has 0 fully saturated rings. The van der Waals surface area contributed by atoms with Gasteiger partial charge in [0.1, 0.15) is 0 Å². The third kappa shape index (κ3) is 4.73. The number of rotatable bonds is 4. The smallest absolute Gasteiger partial charge is 0.252 e. The van der Waals surface area contributed by atoms with Crippen molar-refractivity contribution in [1.82, 2.24) is 0 Å². The lowest BCUT2D eigenvalue weighted by Crippen LogP contribution is -2.61. The normalized spacial score (nSPS) is 15.2. The van der Waals surface area contributed by atoms with E-state index in [0.29, 0.717) is 0 Å². The summed E-state index contributed by atoms with van der Waals surface area (Å²) in [5.74, 6) is 0. The number of benzene rings is 7. The van der Waals surface area contributed by atoms with Gasteiger partial charge in [-0.05, 0) is 125 Å². The van der Waals surface area contributed by atoms with Gasteiger partial charge in [-0.15, -0.1) is 0 Å². The molecule has 0 unspecified atom stereocenters. The molecule has 0 aromatic heterocycles. The molecule has 0 spiro atoms. The molecule has 0 N–H and O–H groups in total. The van der Waals surface area contributed by atoms with E-state index in [4.69, 9.17) is 0 Å². The van der Waals surface area contributed by atoms with Crippen LogP contribution in [0.4, 0.5) is 34.1 Å². The summed E-state index contributed by atoms with van der Waals surface area (Å²) in [6.07, 6.45) is 9.47. The van der Waals surface area contributed by atoms with E-state index < -0.39 is 0 Å². The van der Waals surface area contributed by atoms with Gasteiger partial charge in [0, 0.05) is 33.9 Å². The molecule has 11 rings (SSSR count). The number of hydrogen-bond donors (Lipinski definition) is 0. The monoisotopic (exact) mass is 680 g/mol. The van der Waals surface area contributed by atoms with Crippen molar-refractivity contribution < 1.29 is 0 Å². The molecule has 0 saturated heterocycles. The van der Waals surface area contributed by atoms with Crippen molar-refractivity contribution in [1.29, 1.82) is 0 Å². The van der Waals surface area contributed by atoms with Gasteiger partial charge in [-0.1, -0.05) is 127 Å². The van der Waals surface area contributed by atoms with E-state index in [1.54, 1.807) is 0 Å². The summed E-state index contributed by atoms with van der Waals surface area (Å²) in [7, 11) is 0. The predicted molar refractivity (Wildman–Crippen MR) is 225 cm³/mol. The molecular formula is C50H41BN2. The summed E-state index contributed by atoms with van der Waals surface area (Å²) in [4.78, 5) is 5.34. The fourth-order valence-corrected chi connectivity index (χ4v) is 10.1. The lowest BCUT2D eigenvalue weighted by atomic mass is 9.33. The molecule has 0 amide bonds. The van der Waals surface area contributed by atoms with Gasteiger partial charge < -0.3 is 9.80 Å². The van der Waals surface area contributed by atoms with Gasteiger partial charge >= 0.3 is 0 Å². The van der Waals surface area contributed by atoms with Crippen LogP contribution in [0.3, 0.4) is 0 Å². The van der Waals surface area contributed by atoms with E-state index in [1.165, 1.54) is 121 Å². The van der Waals surface area contributed by atoms with Crippen molar-refractivity contribution in [2.24, 2.45) is 0 Å². The number of aryl methyl sites for hydroxylation is 2. The summed E-state index contributed by atoms with van der Waals surface area (Å²) >= 11 is 0. The standard InChI is InChI=1S/C50H41BN2/c1-3-16-34(17-4-1)40-32-30-36-20-7-9-22-38(36)49(40)52-44-26-13-11-24-42(44)51-43-25-12-14-27-45(43)53(47-29-15-28-46(52)48(47)51)50-39-23-10-8-21-37(39)31-33-41(50)35-18-5-2-6-19-35/h1-6,11-19,24-33H,7-10,20-23H2. The van der Waals surface area contributed by atoms with E-state index in [0.717, 1.165) is 25.7 Å². The zero-order valence-electron chi connectivity index (χ0n) is 30.1. The van der Waals surface area contributed by atoms with E-state index in [9.17, 15) is 0 Å². The summed E-state index contributed by atoms with van der Waals surface area (Å²) < 4.78 is 0. The number of para-hydroxylation sites is 2. The Kier molecular flexibility index (Phi) is 7.21. The third-order valence-corrected chi connectivity index (χ3v) is 12.4. The highest BCUT2D eigenvalue weighted by Crippen LogP contribution is 2.51. The van der Waals surface area contributed by atoms with Crippen LogP contribution in [-0.2, 0) is 25.7 Å². The molecule has 2 nitrogen and oxygen atoms in total. The van der Waals surface area contributed by atoms with Crippen molar-refractivity contribution in [2.75, 3.05) is 9.80 Å². The topological polar surface area (TPSA) is 6.48 Å². The molecule has 0 atom stereocenters. The van der Waals surface area contributed by atoms with Crippen LogP contribution < -0.4 is 26.2 Å². The van der Waals surface area contributed by atoms with Crippen molar-refractivity contribution in [3.05, 3.63) is 174 Å². The second-order valence-electron chi connectivity index (χ2n) is 15.3. The minimum Gasteiger partial charge on any atom is -0.311 e. The summed E-state index contributed by atoms with van der Waals surface area (Å²) in [5.41, 5.74) is 23.3. The Balaban J connectivity index is 1.23. The zero-order valence-corrected chi connectivity index (χ0v) is 30.1. The van der Waals surface area contributed by atoms with Gasteiger partial charge in [0.25, 0.3) is 6.71 Å². The fourth-order valence-electron chi connectivity index (χ4n) is 10.1. The van der Waals surface area contributed by atoms with E-state index >= 15 is 0 Å². The lowest BCUT2D eigenvalue weighted by Gasteiger charge is -2.46. The van der Waals surface area contributed by atoms with Gasteiger partial charge in [-0.2, -0.15) is 0 Å². The molecular weight excluding hydrogens is 639 g/mol. The van der Waals surface area contributed by atoms with Gasteiger partial charge in [0.15, 0.2) is 0 Å². The Morgan fingerprint density at radius 1 is 0.358 bits per heavy atom. The number of anilines is 6. The average Bonchev–Trinajstić information content (AvgIpc) is 3.24. The van der Waals surface area contributed by atoms with Gasteiger partial charge in [0.2, 0.25) is 0 Å². The molecule has 7 aromatic rings. The van der Waals surface area contributed by atoms with Crippen LogP contribution >= 0.6 is 0 Å². The van der Waals surface area contributed by atoms with E-state index in [-0.39, 0.29) is 6.71 Å². The number of fused-ring (bicyclic) bond motifs is 6. The summed E-state index contributed by atoms with van der Waals surface area (Å²) in [6.45, 7) is 0.125. The van der Waals surface area contributed by atoms with Gasteiger partial charge in [0.05, 0.1) is 11.4 Å². The first-order valence-corrected chi connectivity index (χ1v) is 19.7. The van der Waals surface area contributed by atoms with Crippen molar-refractivity contribution >= 4 is 57.2 Å². The highest BCUT2D eigenvalue weighted by atomic mass is 15.2. The van der Waals surface area contributed by atoms with Crippen molar-refractivity contribution in [3.63, 3.8) is 0 Å². The minimum absolute atomic E-state index is 0.125. The predicted octanol–water partition coefficient (Wildman–Crippen LogP) is 10.9. The van der Waals surface area contributed by atoms with Gasteiger partial charge in [-0.3, -0.25) is 0 Å². The molecule has 7 aromatic carbocycles. The largest absolute Gasteiger partial charge is 0.311 e. The first-order chi connectivity index (χ1) is 26.3. The quantitative estimate of drug-likeness (QED) is 0.171. The third-order valence-electron chi connectivity index (χ3n) is 12.4. The maximum atomic E-state index is 2.67. The molecule has 0 bridgehead atoms. The zero-order chi connectivity index (χ0) is 34.9. The highest BCUT2D eigenvalue weighted by molar-refractivity contribution is 7.00. The highest BCUT2D eigenvalue weighted by Gasteiger charge is 2.44. The Labute approximate surface area is 313 Å². The molecule has 53 heavy (non-hydrogen) atoms. The molecule has 2 aliphatic heterocycles. The SMILES string of the molecule is c1ccc(-c2ccc3c(c2N2c4ccccc4B4c5ccccc5N(c5c(-c6ccccc6)ccc6c5CCCC6)c5cccc2c54)CCCC3)cc1. The van der Waals surface area contributed by atoms with Crippen molar-refractivity contribution in [3.8, 4) is 22.3 Å². The van der Waals surface area contributed by atoms with Crippen LogP contribution in [-0.4, -0.2) is 6.71 Å². The van der Waals surface area contributed by atoms with Crippen LogP contribution in [0.2, 0.25) is 0 Å². The molecule has 254 valence electrons. The van der Waals surface area contributed by atoms with Crippen LogP contribution in [0.25, 0.3) is 22.3 Å². The minimum atomic E-state index is 0.125. The first kappa shape index (κ1) is 30.8. The summed E-state index contributed by atoms with van der Waals surface area (Å²) in [6, 6.07) is 57.4. The van der Waals surface area contributed by atoms with Crippen LogP contribution in [0.15, 0.2) is 152 Å². The van der Waals surface area contributed by atoms with Crippen LogP contribution in [0.5, 0.6) is 0 Å². The average molecular weight is 681 g/mol. The Hall–Kier alpha value is -5.80. The maximum absolute atomic E-state index is 2.67. The lowest BCUT2D eigenvalue weighted by molar-refractivity contribution is 0.686. The Morgan fingerprint density at radius 3 is 1.26 bits per heavy atom. The maximum Gasteiger partial charge on any atom is 0.252 e. The second-order valence-corrected chi connectivity index (χ2v) is 15.3. The second kappa shape index (κ2) is 12.4. The van der Waals surface area contributed by atoms with Gasteiger partial charge in [-0.25, -0.2) is 0 Å². The van der Waals surface area contributed by atoms with E-state index in [2.05, 4.69) is 161 Å². The first-order valence-electron chi connectivity index (χ1n) is 19.7. The molecule has 4 aliphatic rings. The Bertz CT molecular complexity index is 2370. The molecule has 2 aliphatic carbocycles. The van der Waals surface area contributed by atoms with E-state index in [1.807, 2.05) is 0 Å². The molecule has 0 saturated carbocycles. The molecule has 2 heterocycles. The number of hydrogen-bond acceptors (Lipinski definition) is 2.